The number of amides is 1. The van der Waals surface area contributed by atoms with Crippen molar-refractivity contribution >= 4 is 29.0 Å². The molecule has 0 unspecified atom stereocenters. The van der Waals surface area contributed by atoms with Crippen molar-refractivity contribution in [1.82, 2.24) is 5.43 Å². The van der Waals surface area contributed by atoms with Gasteiger partial charge in [-0.2, -0.15) is 0 Å². The molecule has 0 fully saturated rings. The van der Waals surface area contributed by atoms with E-state index in [0.717, 1.165) is 10.6 Å². The second-order valence-electron chi connectivity index (χ2n) is 4.17. The maximum Gasteiger partial charge on any atom is 0.262 e. The van der Waals surface area contributed by atoms with Crippen LogP contribution >= 0.6 is 11.3 Å². The molecular formula is C15H16N2OS. The Morgan fingerprint density at radius 3 is 2.63 bits per heavy atom. The van der Waals surface area contributed by atoms with Crippen molar-refractivity contribution in [2.75, 3.05) is 12.1 Å². The molecule has 2 rings (SSSR count). The van der Waals surface area contributed by atoms with Crippen molar-refractivity contribution in [3.05, 3.63) is 58.3 Å². The summed E-state index contributed by atoms with van der Waals surface area (Å²) in [6.07, 6.45) is 3.40. The Morgan fingerprint density at radius 1 is 1.26 bits per heavy atom. The van der Waals surface area contributed by atoms with Gasteiger partial charge in [0.25, 0.3) is 5.91 Å². The molecule has 1 heterocycles. The van der Waals surface area contributed by atoms with Crippen molar-refractivity contribution in [2.45, 2.75) is 6.92 Å². The standard InChI is InChI=1S/C15H16N2OS/c1-12-10-11-19-14(12)8-9-15(18)16-17(2)13-6-4-3-5-7-13/h3-11H,1-2H3,(H,16,18)/b9-8+. The van der Waals surface area contributed by atoms with Gasteiger partial charge < -0.3 is 0 Å². The second-order valence-corrected chi connectivity index (χ2v) is 5.12. The number of hydrogen-bond acceptors (Lipinski definition) is 3. The van der Waals surface area contributed by atoms with E-state index in [4.69, 9.17) is 0 Å². The third kappa shape index (κ3) is 3.69. The summed E-state index contributed by atoms with van der Waals surface area (Å²) < 4.78 is 0. The van der Waals surface area contributed by atoms with Crippen LogP contribution in [0.2, 0.25) is 0 Å². The Morgan fingerprint density at radius 2 is 2.00 bits per heavy atom. The number of carbonyl (C=O) groups excluding carboxylic acids is 1. The van der Waals surface area contributed by atoms with Crippen LogP contribution in [0.4, 0.5) is 5.69 Å². The van der Waals surface area contributed by atoms with E-state index in [1.54, 1.807) is 22.4 Å². The summed E-state index contributed by atoms with van der Waals surface area (Å²) >= 11 is 1.63. The lowest BCUT2D eigenvalue weighted by atomic mass is 10.3. The van der Waals surface area contributed by atoms with E-state index in [1.165, 1.54) is 5.56 Å². The van der Waals surface area contributed by atoms with Crippen molar-refractivity contribution in [3.8, 4) is 0 Å². The van der Waals surface area contributed by atoms with Crippen LogP contribution in [0, 0.1) is 6.92 Å². The molecule has 0 aliphatic carbocycles. The molecule has 0 aliphatic rings. The molecule has 0 aliphatic heterocycles. The van der Waals surface area contributed by atoms with Gasteiger partial charge in [-0.05, 0) is 42.1 Å². The van der Waals surface area contributed by atoms with Gasteiger partial charge in [-0.3, -0.25) is 15.2 Å². The number of benzene rings is 1. The molecule has 3 nitrogen and oxygen atoms in total. The van der Waals surface area contributed by atoms with Crippen LogP contribution in [0.3, 0.4) is 0 Å². The minimum Gasteiger partial charge on any atom is -0.288 e. The highest BCUT2D eigenvalue weighted by molar-refractivity contribution is 7.11. The summed E-state index contributed by atoms with van der Waals surface area (Å²) in [5, 5.41) is 3.72. The molecule has 1 aromatic carbocycles. The predicted molar refractivity (Wildman–Crippen MR) is 81.1 cm³/mol. The first kappa shape index (κ1) is 13.4. The monoisotopic (exact) mass is 272 g/mol. The average molecular weight is 272 g/mol. The molecular weight excluding hydrogens is 256 g/mol. The third-order valence-corrected chi connectivity index (χ3v) is 3.69. The van der Waals surface area contributed by atoms with Gasteiger partial charge in [0.15, 0.2) is 0 Å². The first-order valence-corrected chi connectivity index (χ1v) is 6.86. The van der Waals surface area contributed by atoms with Crippen molar-refractivity contribution in [2.24, 2.45) is 0 Å². The first-order chi connectivity index (χ1) is 9.16. The number of nitrogens with one attached hydrogen (secondary N) is 1. The Balaban J connectivity index is 1.95. The van der Waals surface area contributed by atoms with Gasteiger partial charge >= 0.3 is 0 Å². The molecule has 0 saturated heterocycles. The van der Waals surface area contributed by atoms with Crippen molar-refractivity contribution in [3.63, 3.8) is 0 Å². The summed E-state index contributed by atoms with van der Waals surface area (Å²) in [7, 11) is 1.82. The molecule has 1 N–H and O–H groups in total. The second kappa shape index (κ2) is 6.20. The predicted octanol–water partition coefficient (Wildman–Crippen LogP) is 3.24. The molecule has 1 amide bonds. The van der Waals surface area contributed by atoms with Crippen LogP contribution < -0.4 is 10.4 Å². The zero-order chi connectivity index (χ0) is 13.7. The zero-order valence-corrected chi connectivity index (χ0v) is 11.8. The fraction of sp³-hybridized carbons (Fsp3) is 0.133. The minimum atomic E-state index is -0.140. The number of carbonyl (C=O) groups is 1. The minimum absolute atomic E-state index is 0.140. The van der Waals surface area contributed by atoms with Crippen molar-refractivity contribution < 1.29 is 4.79 Å². The van der Waals surface area contributed by atoms with Gasteiger partial charge in [-0.25, -0.2) is 0 Å². The maximum atomic E-state index is 11.8. The summed E-state index contributed by atoms with van der Waals surface area (Å²) in [6.45, 7) is 2.03. The number of anilines is 1. The fourth-order valence-electron chi connectivity index (χ4n) is 1.63. The van der Waals surface area contributed by atoms with E-state index in [0.29, 0.717) is 0 Å². The van der Waals surface area contributed by atoms with Crippen LogP contribution in [-0.2, 0) is 4.79 Å². The Labute approximate surface area is 117 Å². The molecule has 0 atom stereocenters. The first-order valence-electron chi connectivity index (χ1n) is 5.98. The van der Waals surface area contributed by atoms with E-state index in [-0.39, 0.29) is 5.91 Å². The van der Waals surface area contributed by atoms with Crippen LogP contribution in [0.1, 0.15) is 10.4 Å². The van der Waals surface area contributed by atoms with Crippen LogP contribution in [0.25, 0.3) is 6.08 Å². The van der Waals surface area contributed by atoms with E-state index in [1.807, 2.05) is 61.8 Å². The molecule has 19 heavy (non-hydrogen) atoms. The zero-order valence-electron chi connectivity index (χ0n) is 11.0. The van der Waals surface area contributed by atoms with E-state index in [2.05, 4.69) is 5.43 Å². The largest absolute Gasteiger partial charge is 0.288 e. The highest BCUT2D eigenvalue weighted by Gasteiger charge is 2.02. The van der Waals surface area contributed by atoms with E-state index >= 15 is 0 Å². The van der Waals surface area contributed by atoms with Gasteiger partial charge in [0, 0.05) is 18.0 Å². The number of para-hydroxylation sites is 1. The Bertz CT molecular complexity index is 575. The maximum absolute atomic E-state index is 11.8. The molecule has 0 bridgehead atoms. The number of thiophene rings is 1. The summed E-state index contributed by atoms with van der Waals surface area (Å²) in [6, 6.07) is 11.7. The third-order valence-electron chi connectivity index (χ3n) is 2.71. The van der Waals surface area contributed by atoms with Gasteiger partial charge in [-0.1, -0.05) is 18.2 Å². The number of aryl methyl sites for hydroxylation is 1. The lowest BCUT2D eigenvalue weighted by Gasteiger charge is -2.18. The van der Waals surface area contributed by atoms with Crippen LogP contribution in [-0.4, -0.2) is 13.0 Å². The molecule has 98 valence electrons. The quantitative estimate of drug-likeness (QED) is 0.684. The number of hydrogen-bond donors (Lipinski definition) is 1. The van der Waals surface area contributed by atoms with E-state index in [9.17, 15) is 4.79 Å². The lowest BCUT2D eigenvalue weighted by molar-refractivity contribution is -0.116. The smallest absolute Gasteiger partial charge is 0.262 e. The Hall–Kier alpha value is -2.07. The van der Waals surface area contributed by atoms with Gasteiger partial charge in [0.05, 0.1) is 5.69 Å². The molecule has 2 aromatic rings. The highest BCUT2D eigenvalue weighted by Crippen LogP contribution is 2.16. The summed E-state index contributed by atoms with van der Waals surface area (Å²) in [4.78, 5) is 12.9. The topological polar surface area (TPSA) is 32.3 Å². The number of hydrazine groups is 1. The summed E-state index contributed by atoms with van der Waals surface area (Å²) in [5.74, 6) is -0.140. The normalized spacial score (nSPS) is 10.6. The number of rotatable bonds is 4. The Kier molecular flexibility index (Phi) is 4.36. The molecule has 4 heteroatoms. The van der Waals surface area contributed by atoms with Gasteiger partial charge in [0.1, 0.15) is 0 Å². The van der Waals surface area contributed by atoms with Gasteiger partial charge in [0.2, 0.25) is 0 Å². The van der Waals surface area contributed by atoms with E-state index < -0.39 is 0 Å². The van der Waals surface area contributed by atoms with Crippen LogP contribution in [0.5, 0.6) is 0 Å². The highest BCUT2D eigenvalue weighted by atomic mass is 32.1. The molecule has 0 radical (unpaired) electrons. The molecule has 1 aromatic heterocycles. The average Bonchev–Trinajstić information content (AvgIpc) is 2.83. The SMILES string of the molecule is Cc1ccsc1/C=C/C(=O)NN(C)c1ccccc1. The lowest BCUT2D eigenvalue weighted by Crippen LogP contribution is -2.38. The number of nitrogens with zero attached hydrogens (tertiary/aromatic N) is 1. The summed E-state index contributed by atoms with van der Waals surface area (Å²) in [5.41, 5.74) is 4.92. The molecule has 0 spiro atoms. The van der Waals surface area contributed by atoms with Crippen LogP contribution in [0.15, 0.2) is 47.9 Å². The van der Waals surface area contributed by atoms with Crippen molar-refractivity contribution in [1.29, 1.82) is 0 Å². The fourth-order valence-corrected chi connectivity index (χ4v) is 2.44. The van der Waals surface area contributed by atoms with Gasteiger partial charge in [-0.15, -0.1) is 11.3 Å². The molecule has 0 saturated carbocycles.